The third kappa shape index (κ3) is 7.57. The van der Waals surface area contributed by atoms with Crippen LogP contribution in [0.25, 0.3) is 5.69 Å². The van der Waals surface area contributed by atoms with Crippen molar-refractivity contribution >= 4 is 41.0 Å². The minimum atomic E-state index is -1.28. The number of carbonyl (C=O) groups is 4. The number of amides is 4. The molecule has 3 aliphatic heterocycles. The molecule has 2 unspecified atom stereocenters. The molecule has 2 atom stereocenters. The number of pyridine rings is 1. The fraction of sp³-hybridized carbons (Fsp3) is 0.442. The third-order valence-corrected chi connectivity index (χ3v) is 12.8. The molecular weight excluding hydrogens is 788 g/mol. The van der Waals surface area contributed by atoms with E-state index in [2.05, 4.69) is 69.5 Å². The monoisotopic (exact) mass is 834 g/mol. The van der Waals surface area contributed by atoms with E-state index in [1.54, 1.807) is 47.3 Å². The maximum absolute atomic E-state index is 13.4. The number of aryl methyl sites for hydroxylation is 1. The first kappa shape index (κ1) is 40.9. The van der Waals surface area contributed by atoms with Gasteiger partial charge in [0.15, 0.2) is 6.23 Å². The maximum Gasteiger partial charge on any atom is 0.257 e. The number of imide groups is 1. The van der Waals surface area contributed by atoms with E-state index in [-0.39, 0.29) is 47.3 Å². The number of carbonyl (C=O) groups excluding carboxylic acids is 4. The highest BCUT2D eigenvalue weighted by molar-refractivity contribution is 6.31. The number of aromatic nitrogens is 4. The summed E-state index contributed by atoms with van der Waals surface area (Å²) < 4.78 is 7.96. The summed E-state index contributed by atoms with van der Waals surface area (Å²) >= 11 is 6.24. The minimum Gasteiger partial charge on any atom is -0.489 e. The number of nitriles is 1. The number of halogens is 1. The Hall–Kier alpha value is -5.89. The van der Waals surface area contributed by atoms with Gasteiger partial charge in [-0.25, -0.2) is 9.67 Å². The quantitative estimate of drug-likeness (QED) is 0.185. The molecule has 8 rings (SSSR count). The van der Waals surface area contributed by atoms with Gasteiger partial charge in [-0.15, -0.1) is 5.10 Å². The van der Waals surface area contributed by atoms with E-state index >= 15 is 0 Å². The topological polar surface area (TPSA) is 199 Å². The first-order valence-corrected chi connectivity index (χ1v) is 20.5. The summed E-state index contributed by atoms with van der Waals surface area (Å²) in [4.78, 5) is 61.2. The predicted octanol–water partition coefficient (Wildman–Crippen LogP) is 3.81. The Balaban J connectivity index is 0.788. The molecule has 17 heteroatoms. The van der Waals surface area contributed by atoms with Gasteiger partial charge in [0.25, 0.3) is 11.8 Å². The molecule has 2 aromatic heterocycles. The van der Waals surface area contributed by atoms with Gasteiger partial charge in [-0.1, -0.05) is 50.6 Å². The number of nitrogens with zero attached hydrogens (tertiary/aromatic N) is 8. The zero-order valence-corrected chi connectivity index (χ0v) is 34.6. The summed E-state index contributed by atoms with van der Waals surface area (Å²) in [5, 5.41) is 34.6. The second kappa shape index (κ2) is 15.9. The average molecular weight is 835 g/mol. The summed E-state index contributed by atoms with van der Waals surface area (Å²) in [6.45, 7) is 12.5. The number of fused-ring (bicyclic) bond motifs is 1. The number of ether oxygens (including phenoxy) is 1. The third-order valence-electron chi connectivity index (χ3n) is 12.4. The van der Waals surface area contributed by atoms with Gasteiger partial charge >= 0.3 is 0 Å². The summed E-state index contributed by atoms with van der Waals surface area (Å²) in [7, 11) is 0. The number of piperidine rings is 1. The smallest absolute Gasteiger partial charge is 0.257 e. The van der Waals surface area contributed by atoms with Crippen LogP contribution in [0.5, 0.6) is 5.75 Å². The van der Waals surface area contributed by atoms with Gasteiger partial charge in [0.05, 0.1) is 33.7 Å². The number of hydrogen-bond acceptors (Lipinski definition) is 12. The molecule has 0 radical (unpaired) electrons. The van der Waals surface area contributed by atoms with Crippen molar-refractivity contribution in [2.24, 2.45) is 10.8 Å². The highest BCUT2D eigenvalue weighted by Crippen LogP contribution is 2.55. The van der Waals surface area contributed by atoms with Crippen molar-refractivity contribution < 1.29 is 29.0 Å². The highest BCUT2D eigenvalue weighted by atomic mass is 35.5. The van der Waals surface area contributed by atoms with Crippen molar-refractivity contribution in [2.45, 2.75) is 77.8 Å². The summed E-state index contributed by atoms with van der Waals surface area (Å²) in [6, 6.07) is 14.8. The lowest BCUT2D eigenvalue weighted by molar-refractivity contribution is -0.164. The van der Waals surface area contributed by atoms with Gasteiger partial charge in [0.1, 0.15) is 29.8 Å². The van der Waals surface area contributed by atoms with Crippen molar-refractivity contribution in [1.29, 1.82) is 5.26 Å². The van der Waals surface area contributed by atoms with Crippen LogP contribution in [0.4, 0.5) is 5.82 Å². The average Bonchev–Trinajstić information content (AvgIpc) is 3.80. The van der Waals surface area contributed by atoms with E-state index in [0.29, 0.717) is 39.6 Å². The van der Waals surface area contributed by atoms with Crippen LogP contribution in [0, 0.1) is 22.2 Å². The number of hydrogen-bond donors (Lipinski definition) is 3. The molecule has 5 heterocycles. The van der Waals surface area contributed by atoms with Crippen LogP contribution in [-0.2, 0) is 16.0 Å². The molecule has 2 saturated heterocycles. The van der Waals surface area contributed by atoms with Gasteiger partial charge in [0.2, 0.25) is 11.8 Å². The van der Waals surface area contributed by atoms with E-state index in [0.717, 1.165) is 55.6 Å². The number of nitrogens with one attached hydrogen (secondary N) is 2. The Kier molecular flexibility index (Phi) is 10.9. The van der Waals surface area contributed by atoms with Crippen molar-refractivity contribution in [1.82, 2.24) is 40.4 Å². The molecule has 2 aromatic carbocycles. The van der Waals surface area contributed by atoms with E-state index < -0.39 is 30.0 Å². The normalized spacial score (nSPS) is 23.4. The standard InChI is InChI=1S/C43H47ClN10O6/c1-42(2)40(43(3,4)41(42)60-29-10-7-25(22-45)32(44)21-29)48-36(56)26-8-13-34(46-23-26)52-18-16-51(17-19-52)15-5-6-27-24-53(50-49-27)28-9-11-30-31(20-28)39(59)54(38(30)58)33-12-14-35(55)47-37(33)57/h7-11,13,20-21,23-24,33,38,40-41,58H,5-6,12,14-19H2,1-4H3,(H,48,56)(H,47,55,57). The second-order valence-electron chi connectivity index (χ2n) is 17.1. The van der Waals surface area contributed by atoms with Gasteiger partial charge in [-0.3, -0.25) is 34.3 Å². The van der Waals surface area contributed by atoms with E-state index in [9.17, 15) is 29.5 Å². The summed E-state index contributed by atoms with van der Waals surface area (Å²) in [5.41, 5.74) is 2.22. The van der Waals surface area contributed by atoms with Crippen molar-refractivity contribution in [3.05, 3.63) is 93.9 Å². The fourth-order valence-electron chi connectivity index (χ4n) is 9.50. The molecule has 312 valence electrons. The Morgan fingerprint density at radius 1 is 1.05 bits per heavy atom. The molecule has 3 fully saturated rings. The van der Waals surface area contributed by atoms with Crippen LogP contribution in [0.15, 0.2) is 60.9 Å². The molecule has 0 bridgehead atoms. The van der Waals surface area contributed by atoms with Crippen LogP contribution in [-0.4, -0.2) is 109 Å². The van der Waals surface area contributed by atoms with Crippen LogP contribution < -0.4 is 20.3 Å². The Bertz CT molecular complexity index is 2370. The lowest BCUT2D eigenvalue weighted by Gasteiger charge is -2.63. The molecule has 1 saturated carbocycles. The molecule has 0 spiro atoms. The van der Waals surface area contributed by atoms with Crippen molar-refractivity contribution in [3.8, 4) is 17.5 Å². The first-order chi connectivity index (χ1) is 28.6. The number of benzene rings is 2. The fourth-order valence-corrected chi connectivity index (χ4v) is 9.71. The predicted molar refractivity (Wildman–Crippen MR) is 219 cm³/mol. The first-order valence-electron chi connectivity index (χ1n) is 20.2. The van der Waals surface area contributed by atoms with Gasteiger partial charge < -0.3 is 20.1 Å². The number of aliphatic hydroxyl groups excluding tert-OH is 1. The van der Waals surface area contributed by atoms with E-state index in [4.69, 9.17) is 16.3 Å². The van der Waals surface area contributed by atoms with Gasteiger partial charge in [0, 0.05) is 72.9 Å². The molecule has 16 nitrogen and oxygen atoms in total. The highest BCUT2D eigenvalue weighted by Gasteiger charge is 2.64. The maximum atomic E-state index is 13.4. The van der Waals surface area contributed by atoms with Crippen LogP contribution >= 0.6 is 11.6 Å². The molecular formula is C43H47ClN10O6. The lowest BCUT2D eigenvalue weighted by Crippen LogP contribution is -2.74. The molecule has 4 amide bonds. The summed E-state index contributed by atoms with van der Waals surface area (Å²) in [6.07, 6.45) is 3.82. The molecule has 4 aromatic rings. The Morgan fingerprint density at radius 3 is 2.50 bits per heavy atom. The Labute approximate surface area is 352 Å². The van der Waals surface area contributed by atoms with Crippen LogP contribution in [0.3, 0.4) is 0 Å². The Morgan fingerprint density at radius 2 is 1.82 bits per heavy atom. The molecule has 4 aliphatic rings. The SMILES string of the molecule is CC1(C)C(NC(=O)c2ccc(N3CCN(CCCc4cn(-c5ccc6c(c5)C(=O)N(C5CCC(=O)NC5=O)C6O)nn4)CC3)nc2)C(C)(C)C1Oc1ccc(C#N)c(Cl)c1. The van der Waals surface area contributed by atoms with Crippen molar-refractivity contribution in [2.75, 3.05) is 37.6 Å². The van der Waals surface area contributed by atoms with Crippen LogP contribution in [0.1, 0.15) is 90.7 Å². The van der Waals surface area contributed by atoms with E-state index in [1.807, 2.05) is 18.3 Å². The largest absolute Gasteiger partial charge is 0.489 e. The zero-order valence-electron chi connectivity index (χ0n) is 33.9. The number of anilines is 1. The molecule has 3 N–H and O–H groups in total. The van der Waals surface area contributed by atoms with Gasteiger partial charge in [-0.05, 0) is 62.2 Å². The minimum absolute atomic E-state index is 0.0981. The zero-order chi connectivity index (χ0) is 42.5. The van der Waals surface area contributed by atoms with Gasteiger partial charge in [-0.2, -0.15) is 5.26 Å². The summed E-state index contributed by atoms with van der Waals surface area (Å²) in [5.74, 6) is -0.235. The number of aliphatic hydroxyl groups is 1. The van der Waals surface area contributed by atoms with Crippen LogP contribution in [0.2, 0.25) is 5.02 Å². The van der Waals surface area contributed by atoms with Crippen molar-refractivity contribution in [3.63, 3.8) is 0 Å². The number of piperazine rings is 1. The second-order valence-corrected chi connectivity index (χ2v) is 17.5. The molecule has 60 heavy (non-hydrogen) atoms. The molecule has 1 aliphatic carbocycles. The van der Waals surface area contributed by atoms with E-state index in [1.165, 1.54) is 0 Å². The number of rotatable bonds is 11. The lowest BCUT2D eigenvalue weighted by atomic mass is 9.49.